The Morgan fingerprint density at radius 1 is 1.06 bits per heavy atom. The summed E-state index contributed by atoms with van der Waals surface area (Å²) in [5.41, 5.74) is 1.04. The largest absolute Gasteiger partial charge is 0.486 e. The Balaban J connectivity index is 1.53. The van der Waals surface area contributed by atoms with Gasteiger partial charge in [0.25, 0.3) is 0 Å². The van der Waals surface area contributed by atoms with Crippen molar-refractivity contribution in [2.24, 2.45) is 0 Å². The highest BCUT2D eigenvalue weighted by Crippen LogP contribution is 2.20. The maximum absolute atomic E-state index is 12.3. The van der Waals surface area contributed by atoms with Crippen molar-refractivity contribution in [1.29, 1.82) is 0 Å². The van der Waals surface area contributed by atoms with Gasteiger partial charge in [0.05, 0.1) is 17.9 Å². The van der Waals surface area contributed by atoms with Gasteiger partial charge in [-0.15, -0.1) is 10.2 Å². The highest BCUT2D eigenvalue weighted by atomic mass is 79.9. The van der Waals surface area contributed by atoms with Gasteiger partial charge in [-0.2, -0.15) is 0 Å². The van der Waals surface area contributed by atoms with Crippen molar-refractivity contribution < 1.29 is 19.1 Å². The molecular weight excluding hydrogens is 496 g/mol. The number of esters is 1. The van der Waals surface area contributed by atoms with Gasteiger partial charge in [0, 0.05) is 16.7 Å². The van der Waals surface area contributed by atoms with Crippen LogP contribution in [0.4, 0.5) is 5.69 Å². The van der Waals surface area contributed by atoms with Crippen LogP contribution in [0.3, 0.4) is 0 Å². The van der Waals surface area contributed by atoms with Crippen LogP contribution >= 0.6 is 27.7 Å². The van der Waals surface area contributed by atoms with Crippen LogP contribution in [0.1, 0.15) is 30.0 Å². The summed E-state index contributed by atoms with van der Waals surface area (Å²) < 4.78 is 13.6. The van der Waals surface area contributed by atoms with Crippen molar-refractivity contribution in [1.82, 2.24) is 14.8 Å². The van der Waals surface area contributed by atoms with Crippen molar-refractivity contribution in [3.63, 3.8) is 0 Å². The van der Waals surface area contributed by atoms with Crippen LogP contribution in [0.15, 0.2) is 58.2 Å². The van der Waals surface area contributed by atoms with Gasteiger partial charge in [0.1, 0.15) is 12.4 Å². The molecule has 1 aromatic heterocycles. The minimum absolute atomic E-state index is 0.172. The van der Waals surface area contributed by atoms with Crippen LogP contribution in [0.2, 0.25) is 0 Å². The number of carbonyl (C=O) groups excluding carboxylic acids is 2. The molecule has 0 radical (unpaired) electrons. The van der Waals surface area contributed by atoms with Gasteiger partial charge in [0.15, 0.2) is 11.0 Å². The third-order valence-electron chi connectivity index (χ3n) is 4.30. The molecular formula is C22H23BrN4O4S. The molecule has 0 fully saturated rings. The van der Waals surface area contributed by atoms with E-state index < -0.39 is 0 Å². The van der Waals surface area contributed by atoms with E-state index in [2.05, 4.69) is 31.4 Å². The van der Waals surface area contributed by atoms with Gasteiger partial charge in [0.2, 0.25) is 5.91 Å². The minimum atomic E-state index is -0.389. The summed E-state index contributed by atoms with van der Waals surface area (Å²) in [6.45, 7) is 4.99. The molecule has 0 unspecified atom stereocenters. The molecule has 10 heteroatoms. The van der Waals surface area contributed by atoms with E-state index in [-0.39, 0.29) is 24.2 Å². The number of hydrogen-bond acceptors (Lipinski definition) is 7. The molecule has 0 bridgehead atoms. The maximum Gasteiger partial charge on any atom is 0.338 e. The van der Waals surface area contributed by atoms with Crippen LogP contribution in [0.5, 0.6) is 5.75 Å². The summed E-state index contributed by atoms with van der Waals surface area (Å²) >= 11 is 4.70. The molecule has 0 aliphatic rings. The Bertz CT molecular complexity index is 1050. The average Bonchev–Trinajstić information content (AvgIpc) is 3.19. The Labute approximate surface area is 198 Å². The first kappa shape index (κ1) is 23.8. The standard InChI is InChI=1S/C22H23BrN4O4S/c1-3-27-19(13-31-18-11-7-16(23)8-12-18)25-26-22(27)32-14-20(28)24-17-9-5-15(6-10-17)21(29)30-4-2/h5-12H,3-4,13-14H2,1-2H3,(H,24,28). The Morgan fingerprint density at radius 2 is 1.78 bits per heavy atom. The molecule has 0 saturated carbocycles. The van der Waals surface area contributed by atoms with Gasteiger partial charge < -0.3 is 19.4 Å². The molecule has 1 N–H and O–H groups in total. The molecule has 0 aliphatic carbocycles. The van der Waals surface area contributed by atoms with Gasteiger partial charge in [-0.1, -0.05) is 27.7 Å². The fourth-order valence-electron chi connectivity index (χ4n) is 2.76. The first-order chi connectivity index (χ1) is 15.5. The Morgan fingerprint density at radius 3 is 2.44 bits per heavy atom. The van der Waals surface area contributed by atoms with E-state index in [1.807, 2.05) is 35.8 Å². The van der Waals surface area contributed by atoms with Crippen LogP contribution < -0.4 is 10.1 Å². The lowest BCUT2D eigenvalue weighted by molar-refractivity contribution is -0.113. The smallest absolute Gasteiger partial charge is 0.338 e. The minimum Gasteiger partial charge on any atom is -0.486 e. The number of nitrogens with zero attached hydrogens (tertiary/aromatic N) is 3. The summed E-state index contributed by atoms with van der Waals surface area (Å²) in [5, 5.41) is 11.9. The van der Waals surface area contributed by atoms with Crippen molar-refractivity contribution in [3.8, 4) is 5.75 Å². The topological polar surface area (TPSA) is 95.3 Å². The van der Waals surface area contributed by atoms with Crippen molar-refractivity contribution in [2.75, 3.05) is 17.7 Å². The number of amides is 1. The molecule has 0 saturated heterocycles. The number of halogens is 1. The van der Waals surface area contributed by atoms with Gasteiger partial charge in [-0.25, -0.2) is 4.79 Å². The predicted molar refractivity (Wildman–Crippen MR) is 126 cm³/mol. The predicted octanol–water partition coefficient (Wildman–Crippen LogP) is 4.55. The second-order valence-corrected chi connectivity index (χ2v) is 8.38. The number of ether oxygens (including phenoxy) is 2. The molecule has 0 aliphatic heterocycles. The zero-order valence-electron chi connectivity index (χ0n) is 17.7. The fourth-order valence-corrected chi connectivity index (χ4v) is 3.85. The van der Waals surface area contributed by atoms with Gasteiger partial charge in [-0.3, -0.25) is 4.79 Å². The first-order valence-corrected chi connectivity index (χ1v) is 11.8. The summed E-state index contributed by atoms with van der Waals surface area (Å²) in [4.78, 5) is 24.0. The number of benzene rings is 2. The van der Waals surface area contributed by atoms with E-state index in [4.69, 9.17) is 9.47 Å². The third-order valence-corrected chi connectivity index (χ3v) is 5.80. The van der Waals surface area contributed by atoms with Crippen LogP contribution in [0, 0.1) is 0 Å². The summed E-state index contributed by atoms with van der Waals surface area (Å²) in [6.07, 6.45) is 0. The summed E-state index contributed by atoms with van der Waals surface area (Å²) in [7, 11) is 0. The fraction of sp³-hybridized carbons (Fsp3) is 0.273. The van der Waals surface area contributed by atoms with E-state index in [0.717, 1.165) is 10.2 Å². The number of anilines is 1. The van der Waals surface area contributed by atoms with E-state index in [9.17, 15) is 9.59 Å². The molecule has 3 aromatic rings. The number of thioether (sulfide) groups is 1. The molecule has 0 spiro atoms. The van der Waals surface area contributed by atoms with Crippen LogP contribution in [0.25, 0.3) is 0 Å². The van der Waals surface area contributed by atoms with E-state index in [0.29, 0.717) is 35.4 Å². The van der Waals surface area contributed by atoms with E-state index in [1.54, 1.807) is 31.2 Å². The molecule has 2 aromatic carbocycles. The third kappa shape index (κ3) is 6.57. The molecule has 1 amide bonds. The van der Waals surface area contributed by atoms with Crippen molar-refractivity contribution in [2.45, 2.75) is 32.2 Å². The number of hydrogen-bond donors (Lipinski definition) is 1. The molecule has 32 heavy (non-hydrogen) atoms. The second-order valence-electron chi connectivity index (χ2n) is 6.52. The van der Waals surface area contributed by atoms with Crippen molar-refractivity contribution in [3.05, 3.63) is 64.4 Å². The molecule has 3 rings (SSSR count). The first-order valence-electron chi connectivity index (χ1n) is 10.0. The zero-order valence-corrected chi connectivity index (χ0v) is 20.1. The summed E-state index contributed by atoms with van der Waals surface area (Å²) in [5.74, 6) is 1.02. The lowest BCUT2D eigenvalue weighted by Gasteiger charge is -2.09. The monoisotopic (exact) mass is 518 g/mol. The number of rotatable bonds is 10. The Hall–Kier alpha value is -2.85. The van der Waals surface area contributed by atoms with Crippen molar-refractivity contribution >= 4 is 45.3 Å². The highest BCUT2D eigenvalue weighted by molar-refractivity contribution is 9.10. The Kier molecular flexibility index (Phi) is 8.69. The number of nitrogens with one attached hydrogen (secondary N) is 1. The van der Waals surface area contributed by atoms with Gasteiger partial charge >= 0.3 is 5.97 Å². The SMILES string of the molecule is CCOC(=O)c1ccc(NC(=O)CSc2nnc(COc3ccc(Br)cc3)n2CC)cc1. The summed E-state index contributed by atoms with van der Waals surface area (Å²) in [6, 6.07) is 14.1. The van der Waals surface area contributed by atoms with Gasteiger partial charge in [-0.05, 0) is 62.4 Å². The normalized spacial score (nSPS) is 10.6. The molecule has 8 nitrogen and oxygen atoms in total. The number of aromatic nitrogens is 3. The zero-order chi connectivity index (χ0) is 22.9. The lowest BCUT2D eigenvalue weighted by atomic mass is 10.2. The molecule has 168 valence electrons. The van der Waals surface area contributed by atoms with E-state index in [1.165, 1.54) is 11.8 Å². The number of carbonyl (C=O) groups is 2. The van der Waals surface area contributed by atoms with E-state index >= 15 is 0 Å². The molecule has 0 atom stereocenters. The highest BCUT2D eigenvalue weighted by Gasteiger charge is 2.14. The second kappa shape index (κ2) is 11.7. The average molecular weight is 519 g/mol. The van der Waals surface area contributed by atoms with Crippen LogP contribution in [-0.4, -0.2) is 39.0 Å². The van der Waals surface area contributed by atoms with Crippen LogP contribution in [-0.2, 0) is 22.7 Å². The molecule has 1 heterocycles. The quantitative estimate of drug-likeness (QED) is 0.310. The maximum atomic E-state index is 12.3. The lowest BCUT2D eigenvalue weighted by Crippen LogP contribution is -2.15.